The SMILES string of the molecule is CN(c1cccc(F)c1)c1nccc(-c2ccnc(O)c2)n1. The predicted molar refractivity (Wildman–Crippen MR) is 81.4 cm³/mol. The van der Waals surface area contributed by atoms with Crippen LogP contribution in [-0.2, 0) is 0 Å². The number of halogens is 1. The van der Waals surface area contributed by atoms with E-state index in [2.05, 4.69) is 15.0 Å². The van der Waals surface area contributed by atoms with E-state index in [0.29, 0.717) is 17.3 Å². The number of nitrogens with zero attached hydrogens (tertiary/aromatic N) is 4. The van der Waals surface area contributed by atoms with Crippen LogP contribution in [0.4, 0.5) is 16.0 Å². The fourth-order valence-electron chi connectivity index (χ4n) is 2.05. The molecule has 0 saturated heterocycles. The van der Waals surface area contributed by atoms with Gasteiger partial charge in [0, 0.05) is 36.8 Å². The first kappa shape index (κ1) is 13.9. The van der Waals surface area contributed by atoms with Gasteiger partial charge in [-0.3, -0.25) is 0 Å². The summed E-state index contributed by atoms with van der Waals surface area (Å²) in [7, 11) is 1.76. The summed E-state index contributed by atoms with van der Waals surface area (Å²) in [5.74, 6) is 0.0371. The van der Waals surface area contributed by atoms with Gasteiger partial charge in [0.2, 0.25) is 11.8 Å². The lowest BCUT2D eigenvalue weighted by atomic mass is 10.2. The van der Waals surface area contributed by atoms with E-state index >= 15 is 0 Å². The second-order valence-electron chi connectivity index (χ2n) is 4.68. The van der Waals surface area contributed by atoms with E-state index in [4.69, 9.17) is 0 Å². The molecule has 0 saturated carbocycles. The molecule has 22 heavy (non-hydrogen) atoms. The normalized spacial score (nSPS) is 10.5. The zero-order valence-corrected chi connectivity index (χ0v) is 11.8. The van der Waals surface area contributed by atoms with Crippen LogP contribution < -0.4 is 4.90 Å². The highest BCUT2D eigenvalue weighted by atomic mass is 19.1. The lowest BCUT2D eigenvalue weighted by Crippen LogP contribution is -2.13. The molecule has 0 bridgehead atoms. The summed E-state index contributed by atoms with van der Waals surface area (Å²) in [6, 6.07) is 11.2. The second-order valence-corrected chi connectivity index (χ2v) is 4.68. The van der Waals surface area contributed by atoms with E-state index in [1.165, 1.54) is 24.4 Å². The standard InChI is InChI=1S/C16H13FN4O/c1-21(13-4-2-3-12(17)10-13)16-19-8-6-14(20-16)11-5-7-18-15(22)9-11/h2-10H,1H3,(H,18,22). The fourth-order valence-corrected chi connectivity index (χ4v) is 2.05. The Labute approximate surface area is 126 Å². The molecule has 5 nitrogen and oxygen atoms in total. The third-order valence-electron chi connectivity index (χ3n) is 3.18. The van der Waals surface area contributed by atoms with Gasteiger partial charge in [0.25, 0.3) is 0 Å². The summed E-state index contributed by atoms with van der Waals surface area (Å²) in [5, 5.41) is 9.45. The van der Waals surface area contributed by atoms with Crippen LogP contribution in [0.25, 0.3) is 11.3 Å². The number of rotatable bonds is 3. The van der Waals surface area contributed by atoms with Gasteiger partial charge in [-0.15, -0.1) is 0 Å². The average molecular weight is 296 g/mol. The van der Waals surface area contributed by atoms with Gasteiger partial charge in [0.15, 0.2) is 0 Å². The van der Waals surface area contributed by atoms with Gasteiger partial charge in [-0.25, -0.2) is 19.3 Å². The lowest BCUT2D eigenvalue weighted by molar-refractivity contribution is 0.454. The Hall–Kier alpha value is -3.02. The van der Waals surface area contributed by atoms with Crippen LogP contribution in [0.3, 0.4) is 0 Å². The Kier molecular flexibility index (Phi) is 3.65. The maximum atomic E-state index is 13.3. The molecule has 0 aliphatic rings. The van der Waals surface area contributed by atoms with Gasteiger partial charge in [-0.2, -0.15) is 0 Å². The zero-order valence-electron chi connectivity index (χ0n) is 11.8. The third kappa shape index (κ3) is 2.85. The van der Waals surface area contributed by atoms with Gasteiger partial charge in [-0.1, -0.05) is 6.07 Å². The number of aromatic nitrogens is 3. The molecule has 1 aromatic carbocycles. The topological polar surface area (TPSA) is 62.1 Å². The van der Waals surface area contributed by atoms with Crippen molar-refractivity contribution >= 4 is 11.6 Å². The number of pyridine rings is 1. The molecule has 0 unspecified atom stereocenters. The third-order valence-corrected chi connectivity index (χ3v) is 3.18. The predicted octanol–water partition coefficient (Wildman–Crippen LogP) is 3.15. The van der Waals surface area contributed by atoms with Crippen LogP contribution in [0.15, 0.2) is 54.9 Å². The van der Waals surface area contributed by atoms with Crippen LogP contribution in [0.1, 0.15) is 0 Å². The summed E-state index contributed by atoms with van der Waals surface area (Å²) in [4.78, 5) is 14.1. The highest BCUT2D eigenvalue weighted by Crippen LogP contribution is 2.24. The van der Waals surface area contributed by atoms with E-state index < -0.39 is 0 Å². The van der Waals surface area contributed by atoms with Crippen LogP contribution in [0, 0.1) is 5.82 Å². The maximum absolute atomic E-state index is 13.3. The molecule has 0 radical (unpaired) electrons. The molecule has 3 rings (SSSR count). The smallest absolute Gasteiger partial charge is 0.230 e. The Bertz CT molecular complexity index is 809. The van der Waals surface area contributed by atoms with Crippen molar-refractivity contribution in [2.24, 2.45) is 0 Å². The molecule has 2 aromatic heterocycles. The summed E-state index contributed by atoms with van der Waals surface area (Å²) in [5.41, 5.74) is 2.02. The number of hydrogen-bond donors (Lipinski definition) is 1. The van der Waals surface area contributed by atoms with Gasteiger partial charge in [-0.05, 0) is 30.3 Å². The van der Waals surface area contributed by atoms with E-state index in [9.17, 15) is 9.50 Å². The minimum Gasteiger partial charge on any atom is -0.493 e. The van der Waals surface area contributed by atoms with Crippen LogP contribution >= 0.6 is 0 Å². The zero-order chi connectivity index (χ0) is 15.5. The van der Waals surface area contributed by atoms with Gasteiger partial charge in [0.05, 0.1) is 5.69 Å². The van der Waals surface area contributed by atoms with Crippen LogP contribution in [0.5, 0.6) is 5.88 Å². The number of benzene rings is 1. The van der Waals surface area contributed by atoms with Crippen molar-refractivity contribution in [3.05, 3.63) is 60.7 Å². The molecule has 1 N–H and O–H groups in total. The molecule has 2 heterocycles. The first-order chi connectivity index (χ1) is 10.6. The Morgan fingerprint density at radius 1 is 1.05 bits per heavy atom. The van der Waals surface area contributed by atoms with Crippen molar-refractivity contribution in [3.63, 3.8) is 0 Å². The molecule has 3 aromatic rings. The van der Waals surface area contributed by atoms with Gasteiger partial charge < -0.3 is 10.0 Å². The van der Waals surface area contributed by atoms with Crippen molar-refractivity contribution in [1.82, 2.24) is 15.0 Å². The van der Waals surface area contributed by atoms with Gasteiger partial charge in [0.1, 0.15) is 5.82 Å². The molecule has 0 fully saturated rings. The summed E-state index contributed by atoms with van der Waals surface area (Å²) in [6.07, 6.45) is 3.12. The largest absolute Gasteiger partial charge is 0.493 e. The summed E-state index contributed by atoms with van der Waals surface area (Å²) < 4.78 is 13.3. The van der Waals surface area contributed by atoms with Crippen molar-refractivity contribution in [1.29, 1.82) is 0 Å². The minimum atomic E-state index is -0.320. The molecule has 0 spiro atoms. The Morgan fingerprint density at radius 2 is 1.86 bits per heavy atom. The van der Waals surface area contributed by atoms with E-state index in [1.54, 1.807) is 42.4 Å². The van der Waals surface area contributed by atoms with E-state index in [1.807, 2.05) is 0 Å². The molecular weight excluding hydrogens is 283 g/mol. The molecule has 0 atom stereocenters. The minimum absolute atomic E-state index is 0.0730. The van der Waals surface area contributed by atoms with E-state index in [0.717, 1.165) is 5.56 Å². The molecule has 6 heteroatoms. The lowest BCUT2D eigenvalue weighted by Gasteiger charge is -2.17. The molecule has 110 valence electrons. The molecule has 0 aliphatic heterocycles. The van der Waals surface area contributed by atoms with E-state index in [-0.39, 0.29) is 11.7 Å². The van der Waals surface area contributed by atoms with Crippen molar-refractivity contribution in [3.8, 4) is 17.1 Å². The summed E-state index contributed by atoms with van der Waals surface area (Å²) in [6.45, 7) is 0. The monoisotopic (exact) mass is 296 g/mol. The molecule has 0 amide bonds. The van der Waals surface area contributed by atoms with Crippen LogP contribution in [-0.4, -0.2) is 27.1 Å². The fraction of sp³-hybridized carbons (Fsp3) is 0.0625. The van der Waals surface area contributed by atoms with Crippen molar-refractivity contribution < 1.29 is 9.50 Å². The Balaban J connectivity index is 1.97. The summed E-state index contributed by atoms with van der Waals surface area (Å²) >= 11 is 0. The van der Waals surface area contributed by atoms with Crippen molar-refractivity contribution in [2.45, 2.75) is 0 Å². The average Bonchev–Trinajstić information content (AvgIpc) is 2.54. The first-order valence-electron chi connectivity index (χ1n) is 6.61. The van der Waals surface area contributed by atoms with Gasteiger partial charge >= 0.3 is 0 Å². The first-order valence-corrected chi connectivity index (χ1v) is 6.61. The molecule has 0 aliphatic carbocycles. The Morgan fingerprint density at radius 3 is 2.64 bits per heavy atom. The van der Waals surface area contributed by atoms with Crippen LogP contribution in [0.2, 0.25) is 0 Å². The quantitative estimate of drug-likeness (QED) is 0.804. The molecular formula is C16H13FN4O. The number of anilines is 2. The number of aromatic hydroxyl groups is 1. The highest BCUT2D eigenvalue weighted by molar-refractivity contribution is 5.63. The highest BCUT2D eigenvalue weighted by Gasteiger charge is 2.10. The van der Waals surface area contributed by atoms with Crippen molar-refractivity contribution in [2.75, 3.05) is 11.9 Å². The maximum Gasteiger partial charge on any atom is 0.230 e. The number of hydrogen-bond acceptors (Lipinski definition) is 5. The second kappa shape index (κ2) is 5.77.